The fourth-order valence-electron chi connectivity index (χ4n) is 2.73. The average molecular weight is 280 g/mol. The van der Waals surface area contributed by atoms with E-state index in [0.717, 1.165) is 0 Å². The number of carboxylic acids is 2. The van der Waals surface area contributed by atoms with Gasteiger partial charge in [0.25, 0.3) is 0 Å². The van der Waals surface area contributed by atoms with E-state index in [1.165, 1.54) is 0 Å². The smallest absolute Gasteiger partial charge is 0.330 e. The summed E-state index contributed by atoms with van der Waals surface area (Å²) in [4.78, 5) is 23.3. The predicted octanol–water partition coefficient (Wildman–Crippen LogP) is 2.77. The van der Waals surface area contributed by atoms with Crippen molar-refractivity contribution in [3.05, 3.63) is 71.8 Å². The molecule has 0 aliphatic heterocycles. The number of carboxylic acid groups (broad SMARTS) is 2. The zero-order valence-electron chi connectivity index (χ0n) is 11.0. The Balaban J connectivity index is 2.22. The van der Waals surface area contributed by atoms with Crippen molar-refractivity contribution in [1.82, 2.24) is 0 Å². The molecule has 4 heteroatoms. The number of rotatable bonds is 4. The van der Waals surface area contributed by atoms with Crippen LogP contribution in [0.4, 0.5) is 0 Å². The van der Waals surface area contributed by atoms with E-state index in [1.54, 1.807) is 60.7 Å². The van der Waals surface area contributed by atoms with Crippen LogP contribution in [0, 0.1) is 5.41 Å². The highest BCUT2D eigenvalue weighted by Gasteiger charge is 2.66. The zero-order chi connectivity index (χ0) is 15.0. The van der Waals surface area contributed by atoms with E-state index in [2.05, 4.69) is 0 Å². The van der Waals surface area contributed by atoms with Crippen molar-refractivity contribution in [2.75, 3.05) is 0 Å². The number of benzene rings is 2. The fourth-order valence-corrected chi connectivity index (χ4v) is 2.73. The van der Waals surface area contributed by atoms with Crippen LogP contribution in [-0.2, 0) is 9.59 Å². The quantitative estimate of drug-likeness (QED) is 0.844. The molecule has 4 nitrogen and oxygen atoms in total. The summed E-state index contributed by atoms with van der Waals surface area (Å²) in [6.07, 6.45) is 0. The summed E-state index contributed by atoms with van der Waals surface area (Å²) < 4.78 is 0. The molecule has 0 saturated heterocycles. The first-order valence-electron chi connectivity index (χ1n) is 6.43. The maximum atomic E-state index is 11.7. The lowest BCUT2D eigenvalue weighted by molar-refractivity contribution is -0.154. The van der Waals surface area contributed by atoms with Crippen molar-refractivity contribution in [2.24, 2.45) is 5.41 Å². The topological polar surface area (TPSA) is 74.6 Å². The minimum atomic E-state index is -1.94. The molecule has 0 heterocycles. The Morgan fingerprint density at radius 2 is 1.00 bits per heavy atom. The molecule has 0 radical (unpaired) electrons. The molecule has 0 atom stereocenters. The van der Waals surface area contributed by atoms with Crippen LogP contribution < -0.4 is 0 Å². The molecule has 2 aromatic carbocycles. The first kappa shape index (κ1) is 13.1. The van der Waals surface area contributed by atoms with Crippen molar-refractivity contribution in [2.45, 2.75) is 0 Å². The Bertz CT molecular complexity index is 679. The van der Waals surface area contributed by atoms with Crippen LogP contribution in [0.1, 0.15) is 11.1 Å². The third-order valence-corrected chi connectivity index (χ3v) is 3.70. The minimum Gasteiger partial charge on any atom is -0.480 e. The molecule has 104 valence electrons. The first-order chi connectivity index (χ1) is 10.1. The van der Waals surface area contributed by atoms with Gasteiger partial charge in [0.15, 0.2) is 0 Å². The van der Waals surface area contributed by atoms with E-state index in [4.69, 9.17) is 0 Å². The molecule has 2 aromatic rings. The Morgan fingerprint density at radius 1 is 0.667 bits per heavy atom. The maximum absolute atomic E-state index is 11.7. The molecule has 0 unspecified atom stereocenters. The second-order valence-corrected chi connectivity index (χ2v) is 4.84. The number of aliphatic carboxylic acids is 2. The normalized spacial score (nSPS) is 15.6. The lowest BCUT2D eigenvalue weighted by atomic mass is 9.93. The summed E-state index contributed by atoms with van der Waals surface area (Å²) in [6.45, 7) is 0. The third-order valence-electron chi connectivity index (χ3n) is 3.70. The van der Waals surface area contributed by atoms with E-state index >= 15 is 0 Å². The van der Waals surface area contributed by atoms with E-state index in [9.17, 15) is 19.8 Å². The van der Waals surface area contributed by atoms with Gasteiger partial charge in [-0.1, -0.05) is 60.7 Å². The van der Waals surface area contributed by atoms with Crippen LogP contribution in [0.3, 0.4) is 0 Å². The lowest BCUT2D eigenvalue weighted by Crippen LogP contribution is -2.29. The Hall–Kier alpha value is -2.88. The molecular formula is C17H12O4. The number of hydrogen-bond acceptors (Lipinski definition) is 2. The van der Waals surface area contributed by atoms with Gasteiger partial charge in [-0.05, 0) is 22.3 Å². The largest absolute Gasteiger partial charge is 0.480 e. The van der Waals surface area contributed by atoms with Crippen LogP contribution in [0.25, 0.3) is 11.1 Å². The monoisotopic (exact) mass is 280 g/mol. The van der Waals surface area contributed by atoms with Crippen molar-refractivity contribution in [3.8, 4) is 0 Å². The van der Waals surface area contributed by atoms with Crippen LogP contribution in [-0.4, -0.2) is 22.2 Å². The molecule has 0 saturated carbocycles. The van der Waals surface area contributed by atoms with Gasteiger partial charge < -0.3 is 10.2 Å². The van der Waals surface area contributed by atoms with Gasteiger partial charge in [0.2, 0.25) is 5.41 Å². The van der Waals surface area contributed by atoms with Gasteiger partial charge in [-0.3, -0.25) is 9.59 Å². The Kier molecular flexibility index (Phi) is 2.87. The van der Waals surface area contributed by atoms with E-state index in [-0.39, 0.29) is 0 Å². The lowest BCUT2D eigenvalue weighted by Gasteiger charge is -2.09. The summed E-state index contributed by atoms with van der Waals surface area (Å²) in [5, 5.41) is 19.0. The molecule has 0 amide bonds. The Labute approximate surface area is 121 Å². The summed E-state index contributed by atoms with van der Waals surface area (Å²) in [7, 11) is 0. The minimum absolute atomic E-state index is 0.356. The van der Waals surface area contributed by atoms with Crippen LogP contribution in [0.2, 0.25) is 0 Å². The van der Waals surface area contributed by atoms with Crippen LogP contribution >= 0.6 is 0 Å². The van der Waals surface area contributed by atoms with Gasteiger partial charge >= 0.3 is 11.9 Å². The maximum Gasteiger partial charge on any atom is 0.330 e. The van der Waals surface area contributed by atoms with Crippen molar-refractivity contribution < 1.29 is 19.8 Å². The average Bonchev–Trinajstić information content (AvgIpc) is 3.20. The highest BCUT2D eigenvalue weighted by Crippen LogP contribution is 2.63. The van der Waals surface area contributed by atoms with Crippen LogP contribution in [0.5, 0.6) is 0 Å². The van der Waals surface area contributed by atoms with E-state index in [0.29, 0.717) is 22.3 Å². The zero-order valence-corrected chi connectivity index (χ0v) is 11.0. The third kappa shape index (κ3) is 1.76. The highest BCUT2D eigenvalue weighted by atomic mass is 16.4. The van der Waals surface area contributed by atoms with E-state index in [1.807, 2.05) is 0 Å². The van der Waals surface area contributed by atoms with E-state index < -0.39 is 17.4 Å². The standard InChI is InChI=1S/C17H12O4/c18-15(19)17(16(20)21)13(11-7-3-1-4-8-11)14(17)12-9-5-2-6-10-12/h1-10H,(H,18,19)(H,20,21). The summed E-state index contributed by atoms with van der Waals surface area (Å²) in [5.41, 5.74) is 0.0220. The predicted molar refractivity (Wildman–Crippen MR) is 77.4 cm³/mol. The molecule has 21 heavy (non-hydrogen) atoms. The molecule has 0 spiro atoms. The summed E-state index contributed by atoms with van der Waals surface area (Å²) in [6, 6.07) is 17.6. The molecule has 0 aromatic heterocycles. The summed E-state index contributed by atoms with van der Waals surface area (Å²) in [5.74, 6) is -2.71. The molecule has 1 aliphatic carbocycles. The molecule has 1 aliphatic rings. The molecule has 2 N–H and O–H groups in total. The second-order valence-electron chi connectivity index (χ2n) is 4.84. The molecule has 0 fully saturated rings. The van der Waals surface area contributed by atoms with Crippen LogP contribution in [0.15, 0.2) is 60.7 Å². The molecular weight excluding hydrogens is 268 g/mol. The van der Waals surface area contributed by atoms with Crippen molar-refractivity contribution in [3.63, 3.8) is 0 Å². The molecule has 0 bridgehead atoms. The van der Waals surface area contributed by atoms with Gasteiger partial charge in [0, 0.05) is 0 Å². The second kappa shape index (κ2) is 4.59. The summed E-state index contributed by atoms with van der Waals surface area (Å²) >= 11 is 0. The van der Waals surface area contributed by atoms with Gasteiger partial charge in [0.1, 0.15) is 0 Å². The highest BCUT2D eigenvalue weighted by molar-refractivity contribution is 6.38. The van der Waals surface area contributed by atoms with Gasteiger partial charge in [-0.2, -0.15) is 0 Å². The first-order valence-corrected chi connectivity index (χ1v) is 6.43. The number of hydrogen-bond donors (Lipinski definition) is 2. The molecule has 3 rings (SSSR count). The SMILES string of the molecule is O=C(O)C1(C(=O)O)C(c2ccccc2)=C1c1ccccc1. The Morgan fingerprint density at radius 3 is 1.29 bits per heavy atom. The number of carbonyl (C=O) groups is 2. The van der Waals surface area contributed by atoms with Gasteiger partial charge in [-0.15, -0.1) is 0 Å². The van der Waals surface area contributed by atoms with Gasteiger partial charge in [-0.25, -0.2) is 0 Å². The van der Waals surface area contributed by atoms with Gasteiger partial charge in [0.05, 0.1) is 0 Å². The van der Waals surface area contributed by atoms with Crippen molar-refractivity contribution in [1.29, 1.82) is 0 Å². The fraction of sp³-hybridized carbons (Fsp3) is 0.0588. The van der Waals surface area contributed by atoms with Crippen molar-refractivity contribution >= 4 is 23.1 Å².